The zero-order chi connectivity index (χ0) is 19.0. The number of imidazole rings is 1. The lowest BCUT2D eigenvalue weighted by atomic mass is 10.2. The second kappa shape index (κ2) is 7.20. The summed E-state index contributed by atoms with van der Waals surface area (Å²) in [7, 11) is 0. The number of nitrogens with one attached hydrogen (secondary N) is 1. The first-order valence-corrected chi connectivity index (χ1v) is 9.66. The Kier molecular flexibility index (Phi) is 5.15. The van der Waals surface area contributed by atoms with E-state index < -0.39 is 5.97 Å². The van der Waals surface area contributed by atoms with Crippen molar-refractivity contribution in [3.05, 3.63) is 50.2 Å². The topological polar surface area (TPSA) is 72.7 Å². The fourth-order valence-electron chi connectivity index (χ4n) is 2.75. The van der Waals surface area contributed by atoms with E-state index in [0.29, 0.717) is 27.6 Å². The van der Waals surface area contributed by atoms with Gasteiger partial charge in [0.05, 0.1) is 22.3 Å². The van der Waals surface area contributed by atoms with Crippen molar-refractivity contribution in [1.29, 1.82) is 0 Å². The number of ether oxygens (including phenoxy) is 1. The number of aryl methyl sites for hydroxylation is 3. The molecule has 26 heavy (non-hydrogen) atoms. The number of halogens is 1. The molecule has 3 rings (SSSR count). The SMILES string of the molecule is CCOC(=O)c1cc(C)sc1NC(=O)c1c(C)nc2c(Br)cc(C)cn12. The summed E-state index contributed by atoms with van der Waals surface area (Å²) < 4.78 is 7.65. The van der Waals surface area contributed by atoms with Gasteiger partial charge in [0.1, 0.15) is 10.7 Å². The summed E-state index contributed by atoms with van der Waals surface area (Å²) in [4.78, 5) is 30.5. The molecule has 8 heteroatoms. The highest BCUT2D eigenvalue weighted by molar-refractivity contribution is 9.10. The van der Waals surface area contributed by atoms with E-state index in [4.69, 9.17) is 4.74 Å². The number of aromatic nitrogens is 2. The van der Waals surface area contributed by atoms with Crippen LogP contribution < -0.4 is 5.32 Å². The predicted octanol–water partition coefficient (Wildman–Crippen LogP) is 4.51. The highest BCUT2D eigenvalue weighted by Crippen LogP contribution is 2.29. The molecule has 0 saturated carbocycles. The second-order valence-electron chi connectivity index (χ2n) is 5.88. The molecule has 0 bridgehead atoms. The van der Waals surface area contributed by atoms with Crippen molar-refractivity contribution in [2.45, 2.75) is 27.7 Å². The Morgan fingerprint density at radius 3 is 2.73 bits per heavy atom. The minimum absolute atomic E-state index is 0.279. The van der Waals surface area contributed by atoms with Gasteiger partial charge >= 0.3 is 5.97 Å². The summed E-state index contributed by atoms with van der Waals surface area (Å²) >= 11 is 4.83. The van der Waals surface area contributed by atoms with Gasteiger partial charge in [0.15, 0.2) is 5.65 Å². The number of amides is 1. The number of anilines is 1. The smallest absolute Gasteiger partial charge is 0.341 e. The average molecular weight is 436 g/mol. The van der Waals surface area contributed by atoms with E-state index in [1.165, 1.54) is 11.3 Å². The number of thiophene rings is 1. The van der Waals surface area contributed by atoms with Gasteiger partial charge in [-0.25, -0.2) is 9.78 Å². The first kappa shape index (κ1) is 18.6. The van der Waals surface area contributed by atoms with Gasteiger partial charge in [0.2, 0.25) is 0 Å². The van der Waals surface area contributed by atoms with E-state index in [2.05, 4.69) is 26.2 Å². The third kappa shape index (κ3) is 3.39. The molecule has 0 unspecified atom stereocenters. The van der Waals surface area contributed by atoms with Crippen LogP contribution in [0.25, 0.3) is 5.65 Å². The third-order valence-corrected chi connectivity index (χ3v) is 5.33. The molecule has 0 fully saturated rings. The second-order valence-corrected chi connectivity index (χ2v) is 7.99. The van der Waals surface area contributed by atoms with Gasteiger partial charge in [0, 0.05) is 11.1 Å². The lowest BCUT2D eigenvalue weighted by Gasteiger charge is -2.07. The Morgan fingerprint density at radius 1 is 1.31 bits per heavy atom. The summed E-state index contributed by atoms with van der Waals surface area (Å²) in [6, 6.07) is 3.67. The van der Waals surface area contributed by atoms with Crippen LogP contribution in [0.1, 0.15) is 43.9 Å². The van der Waals surface area contributed by atoms with Crippen molar-refractivity contribution in [1.82, 2.24) is 9.38 Å². The number of fused-ring (bicyclic) bond motifs is 1. The van der Waals surface area contributed by atoms with Crippen molar-refractivity contribution in [3.8, 4) is 0 Å². The molecule has 136 valence electrons. The van der Waals surface area contributed by atoms with Crippen LogP contribution in [0.5, 0.6) is 0 Å². The first-order valence-electron chi connectivity index (χ1n) is 8.05. The number of esters is 1. The fraction of sp³-hybridized carbons (Fsp3) is 0.278. The van der Waals surface area contributed by atoms with Gasteiger partial charge in [-0.05, 0) is 61.3 Å². The van der Waals surface area contributed by atoms with Gasteiger partial charge in [-0.1, -0.05) is 0 Å². The molecule has 3 aromatic rings. The number of carbonyl (C=O) groups is 2. The number of hydrogen-bond donors (Lipinski definition) is 1. The highest BCUT2D eigenvalue weighted by atomic mass is 79.9. The van der Waals surface area contributed by atoms with E-state index in [1.807, 2.05) is 26.1 Å². The Bertz CT molecular complexity index is 1020. The van der Waals surface area contributed by atoms with Crippen molar-refractivity contribution in [2.75, 3.05) is 11.9 Å². The van der Waals surface area contributed by atoms with Gasteiger partial charge < -0.3 is 10.1 Å². The molecular weight excluding hydrogens is 418 g/mol. The van der Waals surface area contributed by atoms with Gasteiger partial charge in [0.25, 0.3) is 5.91 Å². The molecule has 3 aromatic heterocycles. The monoisotopic (exact) mass is 435 g/mol. The number of rotatable bonds is 4. The van der Waals surface area contributed by atoms with Crippen LogP contribution in [0.15, 0.2) is 22.8 Å². The molecule has 6 nitrogen and oxygen atoms in total. The van der Waals surface area contributed by atoms with E-state index in [0.717, 1.165) is 14.9 Å². The van der Waals surface area contributed by atoms with Crippen LogP contribution in [0.3, 0.4) is 0 Å². The molecule has 0 radical (unpaired) electrons. The molecule has 1 N–H and O–H groups in total. The molecule has 0 aromatic carbocycles. The molecular formula is C18H18BrN3O3S. The maximum Gasteiger partial charge on any atom is 0.341 e. The summed E-state index contributed by atoms with van der Waals surface area (Å²) in [5.41, 5.74) is 3.08. The largest absolute Gasteiger partial charge is 0.462 e. The van der Waals surface area contributed by atoms with E-state index in [9.17, 15) is 9.59 Å². The summed E-state index contributed by atoms with van der Waals surface area (Å²) in [6.45, 7) is 7.64. The summed E-state index contributed by atoms with van der Waals surface area (Å²) in [6.07, 6.45) is 1.86. The lowest BCUT2D eigenvalue weighted by molar-refractivity contribution is 0.0528. The fourth-order valence-corrected chi connectivity index (χ4v) is 4.28. The Morgan fingerprint density at radius 2 is 2.04 bits per heavy atom. The molecule has 3 heterocycles. The predicted molar refractivity (Wildman–Crippen MR) is 105 cm³/mol. The summed E-state index contributed by atoms with van der Waals surface area (Å²) in [5.74, 6) is -0.763. The van der Waals surface area contributed by atoms with E-state index in [1.54, 1.807) is 24.3 Å². The summed E-state index contributed by atoms with van der Waals surface area (Å²) in [5, 5.41) is 3.33. The Hall–Kier alpha value is -2.19. The molecule has 0 aliphatic rings. The Balaban J connectivity index is 2.01. The van der Waals surface area contributed by atoms with E-state index in [-0.39, 0.29) is 12.5 Å². The zero-order valence-electron chi connectivity index (χ0n) is 14.8. The van der Waals surface area contributed by atoms with E-state index >= 15 is 0 Å². The first-order chi connectivity index (χ1) is 12.3. The third-order valence-electron chi connectivity index (χ3n) is 3.78. The molecule has 0 saturated heterocycles. The van der Waals surface area contributed by atoms with Crippen LogP contribution >= 0.6 is 27.3 Å². The van der Waals surface area contributed by atoms with Crippen molar-refractivity contribution >= 4 is 49.8 Å². The number of nitrogens with zero attached hydrogens (tertiary/aromatic N) is 2. The Labute approximate surface area is 163 Å². The van der Waals surface area contributed by atoms with Gasteiger partial charge in [-0.15, -0.1) is 11.3 Å². The molecule has 0 aliphatic heterocycles. The van der Waals surface area contributed by atoms with Crippen molar-refractivity contribution in [2.24, 2.45) is 0 Å². The molecule has 0 atom stereocenters. The average Bonchev–Trinajstić information content (AvgIpc) is 3.07. The maximum atomic E-state index is 12.9. The number of hydrogen-bond acceptors (Lipinski definition) is 5. The molecule has 0 aliphatic carbocycles. The molecule has 0 spiro atoms. The minimum atomic E-state index is -0.444. The van der Waals surface area contributed by atoms with Crippen molar-refractivity contribution in [3.63, 3.8) is 0 Å². The van der Waals surface area contributed by atoms with Crippen LogP contribution in [0.2, 0.25) is 0 Å². The normalized spacial score (nSPS) is 11.0. The quantitative estimate of drug-likeness (QED) is 0.611. The minimum Gasteiger partial charge on any atom is -0.462 e. The zero-order valence-corrected chi connectivity index (χ0v) is 17.2. The van der Waals surface area contributed by atoms with Crippen LogP contribution in [-0.2, 0) is 4.74 Å². The standard InChI is InChI=1S/C18H18BrN3O3S/c1-5-25-18(24)12-7-10(3)26-17(12)21-16(23)14-11(4)20-15-13(19)6-9(2)8-22(14)15/h6-8H,5H2,1-4H3,(H,21,23). The highest BCUT2D eigenvalue weighted by Gasteiger charge is 2.22. The maximum absolute atomic E-state index is 12.9. The molecule has 1 amide bonds. The van der Waals surface area contributed by atoms with Gasteiger partial charge in [-0.2, -0.15) is 0 Å². The number of carbonyl (C=O) groups excluding carboxylic acids is 2. The number of pyridine rings is 1. The lowest BCUT2D eigenvalue weighted by Crippen LogP contribution is -2.17. The van der Waals surface area contributed by atoms with Crippen molar-refractivity contribution < 1.29 is 14.3 Å². The van der Waals surface area contributed by atoms with Crippen LogP contribution in [0.4, 0.5) is 5.00 Å². The van der Waals surface area contributed by atoms with Crippen LogP contribution in [0, 0.1) is 20.8 Å². The van der Waals surface area contributed by atoms with Crippen LogP contribution in [-0.4, -0.2) is 27.9 Å². The van der Waals surface area contributed by atoms with Gasteiger partial charge in [-0.3, -0.25) is 9.20 Å².